The molecule has 0 radical (unpaired) electrons. The summed E-state index contributed by atoms with van der Waals surface area (Å²) in [4.78, 5) is 12.3. The smallest absolute Gasteiger partial charge is 0.223 e. The molecule has 1 aromatic rings. The van der Waals surface area contributed by atoms with Gasteiger partial charge < -0.3 is 15.8 Å². The van der Waals surface area contributed by atoms with Gasteiger partial charge in [0.05, 0.1) is 7.11 Å². The molecule has 2 atom stereocenters. The van der Waals surface area contributed by atoms with Crippen LogP contribution in [0.2, 0.25) is 0 Å². The van der Waals surface area contributed by atoms with Gasteiger partial charge in [-0.1, -0.05) is 25.0 Å². The highest BCUT2D eigenvalue weighted by molar-refractivity contribution is 5.79. The number of benzene rings is 1. The van der Waals surface area contributed by atoms with Crippen molar-refractivity contribution >= 4 is 5.91 Å². The SMILES string of the molecule is COc1ccc(CCNC(=O)C2CCCCC2CN)cc1. The molecule has 1 aliphatic carbocycles. The van der Waals surface area contributed by atoms with Gasteiger partial charge in [-0.15, -0.1) is 0 Å². The average Bonchev–Trinajstić information content (AvgIpc) is 2.55. The summed E-state index contributed by atoms with van der Waals surface area (Å²) < 4.78 is 5.13. The Morgan fingerprint density at radius 2 is 2.00 bits per heavy atom. The predicted molar refractivity (Wildman–Crippen MR) is 84.2 cm³/mol. The van der Waals surface area contributed by atoms with Crippen LogP contribution in [-0.4, -0.2) is 26.1 Å². The summed E-state index contributed by atoms with van der Waals surface area (Å²) in [5.74, 6) is 1.51. The molecule has 116 valence electrons. The number of ether oxygens (including phenoxy) is 1. The Balaban J connectivity index is 1.77. The maximum absolute atomic E-state index is 12.3. The fraction of sp³-hybridized carbons (Fsp3) is 0.588. The first kappa shape index (κ1) is 15.8. The van der Waals surface area contributed by atoms with Gasteiger partial charge in [0.1, 0.15) is 5.75 Å². The number of hydrogen-bond donors (Lipinski definition) is 2. The van der Waals surface area contributed by atoms with Crippen molar-refractivity contribution in [3.05, 3.63) is 29.8 Å². The lowest BCUT2D eigenvalue weighted by Crippen LogP contribution is -2.40. The van der Waals surface area contributed by atoms with Crippen molar-refractivity contribution < 1.29 is 9.53 Å². The molecule has 0 bridgehead atoms. The molecule has 1 aromatic carbocycles. The van der Waals surface area contributed by atoms with E-state index in [2.05, 4.69) is 5.32 Å². The van der Waals surface area contributed by atoms with Crippen molar-refractivity contribution in [1.82, 2.24) is 5.32 Å². The Bertz CT molecular complexity index is 445. The second kappa shape index (κ2) is 8.03. The van der Waals surface area contributed by atoms with Crippen LogP contribution in [0.4, 0.5) is 0 Å². The minimum Gasteiger partial charge on any atom is -0.497 e. The van der Waals surface area contributed by atoms with Crippen LogP contribution in [0, 0.1) is 11.8 Å². The number of methoxy groups -OCH3 is 1. The topological polar surface area (TPSA) is 64.3 Å². The number of amides is 1. The summed E-state index contributed by atoms with van der Waals surface area (Å²) in [6.45, 7) is 1.30. The normalized spacial score (nSPS) is 21.8. The van der Waals surface area contributed by atoms with Crippen molar-refractivity contribution in [1.29, 1.82) is 0 Å². The number of carbonyl (C=O) groups is 1. The Kier molecular flexibility index (Phi) is 6.05. The molecule has 0 aromatic heterocycles. The van der Waals surface area contributed by atoms with Crippen LogP contribution in [0.1, 0.15) is 31.2 Å². The lowest BCUT2D eigenvalue weighted by Gasteiger charge is -2.29. The van der Waals surface area contributed by atoms with E-state index in [1.54, 1.807) is 7.11 Å². The molecule has 2 unspecified atom stereocenters. The maximum Gasteiger partial charge on any atom is 0.223 e. The van der Waals surface area contributed by atoms with Crippen LogP contribution in [0.25, 0.3) is 0 Å². The Hall–Kier alpha value is -1.55. The minimum atomic E-state index is 0.111. The molecule has 0 heterocycles. The third-order valence-electron chi connectivity index (χ3n) is 4.42. The van der Waals surface area contributed by atoms with Gasteiger partial charge >= 0.3 is 0 Å². The molecule has 3 N–H and O–H groups in total. The highest BCUT2D eigenvalue weighted by Gasteiger charge is 2.29. The predicted octanol–water partition coefficient (Wildman–Crippen LogP) is 2.12. The number of hydrogen-bond acceptors (Lipinski definition) is 3. The Morgan fingerprint density at radius 3 is 2.67 bits per heavy atom. The second-order valence-electron chi connectivity index (χ2n) is 5.78. The molecule has 1 saturated carbocycles. The highest BCUT2D eigenvalue weighted by atomic mass is 16.5. The van der Waals surface area contributed by atoms with Gasteiger partial charge in [0.2, 0.25) is 5.91 Å². The van der Waals surface area contributed by atoms with E-state index in [4.69, 9.17) is 10.5 Å². The molecule has 4 nitrogen and oxygen atoms in total. The first-order valence-electron chi connectivity index (χ1n) is 7.85. The second-order valence-corrected chi connectivity index (χ2v) is 5.78. The molecule has 1 amide bonds. The lowest BCUT2D eigenvalue weighted by atomic mass is 9.79. The molecule has 0 aliphatic heterocycles. The van der Waals surface area contributed by atoms with Gasteiger partial charge in [0, 0.05) is 12.5 Å². The third-order valence-corrected chi connectivity index (χ3v) is 4.42. The zero-order valence-corrected chi connectivity index (χ0v) is 12.8. The number of nitrogens with one attached hydrogen (secondary N) is 1. The largest absolute Gasteiger partial charge is 0.497 e. The van der Waals surface area contributed by atoms with E-state index >= 15 is 0 Å². The monoisotopic (exact) mass is 290 g/mol. The molecule has 1 fully saturated rings. The van der Waals surface area contributed by atoms with Crippen molar-refractivity contribution in [2.45, 2.75) is 32.1 Å². The molecule has 2 rings (SSSR count). The van der Waals surface area contributed by atoms with Crippen molar-refractivity contribution in [2.24, 2.45) is 17.6 Å². The first-order valence-corrected chi connectivity index (χ1v) is 7.85. The van der Waals surface area contributed by atoms with Gasteiger partial charge in [-0.2, -0.15) is 0 Å². The molecular weight excluding hydrogens is 264 g/mol. The summed E-state index contributed by atoms with van der Waals surface area (Å²) in [7, 11) is 1.66. The van der Waals surface area contributed by atoms with Gasteiger partial charge in [-0.25, -0.2) is 0 Å². The van der Waals surface area contributed by atoms with Crippen molar-refractivity contribution in [3.63, 3.8) is 0 Å². The van der Waals surface area contributed by atoms with Gasteiger partial charge in [-0.05, 0) is 49.4 Å². The van der Waals surface area contributed by atoms with Crippen molar-refractivity contribution in [2.75, 3.05) is 20.2 Å². The van der Waals surface area contributed by atoms with Crippen molar-refractivity contribution in [3.8, 4) is 5.75 Å². The molecular formula is C17H26N2O2. The Morgan fingerprint density at radius 1 is 1.29 bits per heavy atom. The summed E-state index contributed by atoms with van der Waals surface area (Å²) >= 11 is 0. The molecule has 1 aliphatic rings. The van der Waals surface area contributed by atoms with E-state index in [1.807, 2.05) is 24.3 Å². The molecule has 21 heavy (non-hydrogen) atoms. The summed E-state index contributed by atoms with van der Waals surface area (Å²) in [5.41, 5.74) is 6.99. The highest BCUT2D eigenvalue weighted by Crippen LogP contribution is 2.29. The summed E-state index contributed by atoms with van der Waals surface area (Å²) in [5, 5.41) is 3.07. The van der Waals surface area contributed by atoms with E-state index < -0.39 is 0 Å². The molecule has 0 saturated heterocycles. The first-order chi connectivity index (χ1) is 10.2. The van der Waals surface area contributed by atoms with E-state index in [-0.39, 0.29) is 11.8 Å². The summed E-state index contributed by atoms with van der Waals surface area (Å²) in [6, 6.07) is 7.97. The third kappa shape index (κ3) is 4.46. The van der Waals surface area contributed by atoms with Crippen LogP contribution in [0.3, 0.4) is 0 Å². The van der Waals surface area contributed by atoms with Gasteiger partial charge in [0.25, 0.3) is 0 Å². The van der Waals surface area contributed by atoms with E-state index in [0.717, 1.165) is 31.4 Å². The van der Waals surface area contributed by atoms with Crippen LogP contribution in [0.5, 0.6) is 5.75 Å². The van der Waals surface area contributed by atoms with Crippen LogP contribution < -0.4 is 15.8 Å². The standard InChI is InChI=1S/C17H26N2O2/c1-21-15-8-6-13(7-9-15)10-11-19-17(20)16-5-3-2-4-14(16)12-18/h6-9,14,16H,2-5,10-12,18H2,1H3,(H,19,20). The lowest BCUT2D eigenvalue weighted by molar-refractivity contribution is -0.127. The van der Waals surface area contributed by atoms with Crippen LogP contribution >= 0.6 is 0 Å². The number of rotatable bonds is 6. The Labute approximate surface area is 127 Å². The average molecular weight is 290 g/mol. The fourth-order valence-corrected chi connectivity index (χ4v) is 3.09. The zero-order chi connectivity index (χ0) is 15.1. The maximum atomic E-state index is 12.3. The van der Waals surface area contributed by atoms with Crippen LogP contribution in [-0.2, 0) is 11.2 Å². The van der Waals surface area contributed by atoms with Gasteiger partial charge in [0.15, 0.2) is 0 Å². The quantitative estimate of drug-likeness (QED) is 0.843. The number of carbonyl (C=O) groups excluding carboxylic acids is 1. The fourth-order valence-electron chi connectivity index (χ4n) is 3.09. The number of nitrogens with two attached hydrogens (primary N) is 1. The molecule has 0 spiro atoms. The van der Waals surface area contributed by atoms with Gasteiger partial charge in [-0.3, -0.25) is 4.79 Å². The zero-order valence-electron chi connectivity index (χ0n) is 12.8. The summed E-state index contributed by atoms with van der Waals surface area (Å²) in [6.07, 6.45) is 5.27. The molecule has 4 heteroatoms. The van der Waals surface area contributed by atoms with E-state index in [1.165, 1.54) is 12.0 Å². The van der Waals surface area contributed by atoms with E-state index in [0.29, 0.717) is 19.0 Å². The van der Waals surface area contributed by atoms with Crippen LogP contribution in [0.15, 0.2) is 24.3 Å². The van der Waals surface area contributed by atoms with E-state index in [9.17, 15) is 4.79 Å². The minimum absolute atomic E-state index is 0.111.